The number of nitrogens with zero attached hydrogens (tertiary/aromatic N) is 1. The number of para-hydroxylation sites is 1. The Bertz CT molecular complexity index is 838. The first-order valence-corrected chi connectivity index (χ1v) is 7.32. The number of aromatic amines is 1. The van der Waals surface area contributed by atoms with Gasteiger partial charge in [-0.05, 0) is 30.3 Å². The van der Waals surface area contributed by atoms with Crippen LogP contribution in [0.15, 0.2) is 58.1 Å². The Morgan fingerprint density at radius 2 is 2.05 bits per heavy atom. The van der Waals surface area contributed by atoms with Crippen LogP contribution in [0, 0.1) is 0 Å². The smallest absolute Gasteiger partial charge is 0.287 e. The second-order valence-electron chi connectivity index (χ2n) is 4.67. The van der Waals surface area contributed by atoms with Crippen LogP contribution in [-0.2, 0) is 0 Å². The van der Waals surface area contributed by atoms with Crippen LogP contribution in [0.1, 0.15) is 16.1 Å². The second kappa shape index (κ2) is 6.03. The van der Waals surface area contributed by atoms with E-state index in [0.717, 1.165) is 15.4 Å². The minimum absolute atomic E-state index is 0.0896. The number of carbonyl (C=O) groups is 1. The maximum Gasteiger partial charge on any atom is 0.287 e. The minimum atomic E-state index is -0.345. The molecule has 0 saturated heterocycles. The van der Waals surface area contributed by atoms with E-state index in [0.29, 0.717) is 11.3 Å². The van der Waals surface area contributed by atoms with E-state index >= 15 is 0 Å². The van der Waals surface area contributed by atoms with Crippen LogP contribution in [-0.4, -0.2) is 22.2 Å². The van der Waals surface area contributed by atoms with Crippen LogP contribution in [0.4, 0.5) is 0 Å². The number of aromatic nitrogens is 1. The van der Waals surface area contributed by atoms with Crippen molar-refractivity contribution in [3.8, 4) is 5.75 Å². The average Bonchev–Trinajstić information content (AvgIpc) is 2.94. The number of hydrazone groups is 1. The Morgan fingerprint density at radius 1 is 1.23 bits per heavy atom. The number of carbonyl (C=O) groups excluding carboxylic acids is 1. The van der Waals surface area contributed by atoms with Crippen LogP contribution < -0.4 is 5.43 Å². The topological polar surface area (TPSA) is 77.5 Å². The summed E-state index contributed by atoms with van der Waals surface area (Å²) in [7, 11) is 0. The van der Waals surface area contributed by atoms with Crippen molar-refractivity contribution in [1.29, 1.82) is 0 Å². The number of H-pyrrole nitrogens is 1. The number of hydrogen-bond donors (Lipinski definition) is 3. The first kappa shape index (κ1) is 14.3. The highest BCUT2D eigenvalue weighted by Crippen LogP contribution is 2.20. The number of halogens is 1. The standard InChI is InChI=1S/C16H12BrN3O2/c17-12-5-6-15(21)11(7-12)9-18-20-16(22)14-8-10-3-1-2-4-13(10)19-14/h1-9,19,21H,(H,20,22)/b18-9+. The molecule has 3 N–H and O–H groups in total. The first-order valence-electron chi connectivity index (χ1n) is 6.53. The number of aromatic hydroxyl groups is 1. The molecule has 5 nitrogen and oxygen atoms in total. The summed E-state index contributed by atoms with van der Waals surface area (Å²) >= 11 is 3.31. The van der Waals surface area contributed by atoms with Gasteiger partial charge in [0.15, 0.2) is 0 Å². The predicted molar refractivity (Wildman–Crippen MR) is 89.2 cm³/mol. The minimum Gasteiger partial charge on any atom is -0.507 e. The van der Waals surface area contributed by atoms with E-state index in [9.17, 15) is 9.90 Å². The summed E-state index contributed by atoms with van der Waals surface area (Å²) in [5, 5.41) is 14.5. The molecule has 6 heteroatoms. The molecule has 0 atom stereocenters. The number of hydrogen-bond acceptors (Lipinski definition) is 3. The third kappa shape index (κ3) is 3.01. The van der Waals surface area contributed by atoms with Gasteiger partial charge in [0.2, 0.25) is 0 Å². The van der Waals surface area contributed by atoms with Crippen LogP contribution in [0.5, 0.6) is 5.75 Å². The summed E-state index contributed by atoms with van der Waals surface area (Å²) < 4.78 is 0.814. The van der Waals surface area contributed by atoms with E-state index in [4.69, 9.17) is 0 Å². The first-order chi connectivity index (χ1) is 10.6. The lowest BCUT2D eigenvalue weighted by atomic mass is 10.2. The Labute approximate surface area is 134 Å². The lowest BCUT2D eigenvalue weighted by molar-refractivity contribution is 0.0951. The molecule has 110 valence electrons. The molecule has 3 aromatic rings. The van der Waals surface area contributed by atoms with Gasteiger partial charge >= 0.3 is 0 Å². The zero-order chi connectivity index (χ0) is 15.5. The number of rotatable bonds is 3. The molecular formula is C16H12BrN3O2. The number of nitrogens with one attached hydrogen (secondary N) is 2. The fourth-order valence-electron chi connectivity index (χ4n) is 2.05. The number of amides is 1. The molecule has 0 aliphatic carbocycles. The van der Waals surface area contributed by atoms with Crippen molar-refractivity contribution in [2.45, 2.75) is 0 Å². The van der Waals surface area contributed by atoms with E-state index in [1.54, 1.807) is 24.3 Å². The molecular weight excluding hydrogens is 346 g/mol. The monoisotopic (exact) mass is 357 g/mol. The summed E-state index contributed by atoms with van der Waals surface area (Å²) in [6.45, 7) is 0. The zero-order valence-electron chi connectivity index (χ0n) is 11.4. The van der Waals surface area contributed by atoms with Gasteiger partial charge in [0.1, 0.15) is 11.4 Å². The van der Waals surface area contributed by atoms with E-state index in [1.165, 1.54) is 6.21 Å². The van der Waals surface area contributed by atoms with Gasteiger partial charge in [0.25, 0.3) is 5.91 Å². The third-order valence-electron chi connectivity index (χ3n) is 3.13. The van der Waals surface area contributed by atoms with Crippen molar-refractivity contribution in [2.24, 2.45) is 5.10 Å². The van der Waals surface area contributed by atoms with Crippen LogP contribution in [0.25, 0.3) is 10.9 Å². The van der Waals surface area contributed by atoms with Gasteiger partial charge in [0.05, 0.1) is 6.21 Å². The molecule has 22 heavy (non-hydrogen) atoms. The van der Waals surface area contributed by atoms with E-state index in [2.05, 4.69) is 31.4 Å². The summed E-state index contributed by atoms with van der Waals surface area (Å²) in [4.78, 5) is 15.1. The maximum absolute atomic E-state index is 12.0. The van der Waals surface area contributed by atoms with E-state index in [-0.39, 0.29) is 11.7 Å². The maximum atomic E-state index is 12.0. The SMILES string of the molecule is O=C(N/N=C/c1cc(Br)ccc1O)c1cc2ccccc2[nH]1. The third-order valence-corrected chi connectivity index (χ3v) is 3.63. The summed E-state index contributed by atoms with van der Waals surface area (Å²) in [5.74, 6) is -0.256. The molecule has 3 rings (SSSR count). The normalized spacial score (nSPS) is 11.1. The van der Waals surface area contributed by atoms with Crippen molar-refractivity contribution in [2.75, 3.05) is 0 Å². The van der Waals surface area contributed by atoms with Crippen molar-refractivity contribution in [3.05, 3.63) is 64.3 Å². The second-order valence-corrected chi connectivity index (χ2v) is 5.59. The molecule has 1 amide bonds. The molecule has 1 heterocycles. The van der Waals surface area contributed by atoms with Gasteiger partial charge in [-0.1, -0.05) is 34.1 Å². The van der Waals surface area contributed by atoms with Gasteiger partial charge in [-0.3, -0.25) is 4.79 Å². The molecule has 0 aliphatic heterocycles. The predicted octanol–water partition coefficient (Wildman–Crippen LogP) is 3.40. The molecule has 0 fully saturated rings. The highest BCUT2D eigenvalue weighted by atomic mass is 79.9. The lowest BCUT2D eigenvalue weighted by Crippen LogP contribution is -2.17. The molecule has 0 spiro atoms. The van der Waals surface area contributed by atoms with Crippen LogP contribution >= 0.6 is 15.9 Å². The molecule has 0 unspecified atom stereocenters. The van der Waals surface area contributed by atoms with E-state index in [1.807, 2.05) is 24.3 Å². The average molecular weight is 358 g/mol. The highest BCUT2D eigenvalue weighted by molar-refractivity contribution is 9.10. The van der Waals surface area contributed by atoms with Crippen molar-refractivity contribution in [1.82, 2.24) is 10.4 Å². The van der Waals surface area contributed by atoms with Crippen molar-refractivity contribution < 1.29 is 9.90 Å². The Hall–Kier alpha value is -2.60. The molecule has 1 aromatic heterocycles. The molecule has 0 saturated carbocycles. The fraction of sp³-hybridized carbons (Fsp3) is 0. The van der Waals surface area contributed by atoms with Gasteiger partial charge in [-0.25, -0.2) is 5.43 Å². The fourth-order valence-corrected chi connectivity index (χ4v) is 2.42. The van der Waals surface area contributed by atoms with Crippen molar-refractivity contribution >= 4 is 39.0 Å². The van der Waals surface area contributed by atoms with Crippen LogP contribution in [0.3, 0.4) is 0 Å². The van der Waals surface area contributed by atoms with Gasteiger partial charge in [0, 0.05) is 20.9 Å². The Kier molecular flexibility index (Phi) is 3.93. The molecule has 0 radical (unpaired) electrons. The number of phenolic OH excluding ortho intramolecular Hbond substituents is 1. The Balaban J connectivity index is 1.74. The largest absolute Gasteiger partial charge is 0.507 e. The van der Waals surface area contributed by atoms with Crippen molar-refractivity contribution in [3.63, 3.8) is 0 Å². The summed E-state index contributed by atoms with van der Waals surface area (Å²) in [5.41, 5.74) is 4.25. The Morgan fingerprint density at radius 3 is 2.86 bits per heavy atom. The van der Waals surface area contributed by atoms with Gasteiger partial charge in [-0.15, -0.1) is 0 Å². The number of phenols is 1. The van der Waals surface area contributed by atoms with Gasteiger partial charge < -0.3 is 10.1 Å². The molecule has 2 aromatic carbocycles. The molecule has 0 bridgehead atoms. The lowest BCUT2D eigenvalue weighted by Gasteiger charge is -1.99. The van der Waals surface area contributed by atoms with Crippen LogP contribution in [0.2, 0.25) is 0 Å². The quantitative estimate of drug-likeness (QED) is 0.496. The summed E-state index contributed by atoms with van der Waals surface area (Å²) in [6.07, 6.45) is 1.39. The zero-order valence-corrected chi connectivity index (χ0v) is 13.0. The molecule has 0 aliphatic rings. The number of benzene rings is 2. The number of fused-ring (bicyclic) bond motifs is 1. The van der Waals surface area contributed by atoms with Gasteiger partial charge in [-0.2, -0.15) is 5.10 Å². The summed E-state index contributed by atoms with van der Waals surface area (Å²) in [6, 6.07) is 14.4. The van der Waals surface area contributed by atoms with E-state index < -0.39 is 0 Å². The highest BCUT2D eigenvalue weighted by Gasteiger charge is 2.08.